The summed E-state index contributed by atoms with van der Waals surface area (Å²) in [6.45, 7) is 3.26. The van der Waals surface area contributed by atoms with Crippen LogP contribution in [0.3, 0.4) is 0 Å². The molecule has 0 bridgehead atoms. The maximum absolute atomic E-state index is 10.9. The van der Waals surface area contributed by atoms with E-state index in [-0.39, 0.29) is 16.5 Å². The van der Waals surface area contributed by atoms with Gasteiger partial charge in [0.15, 0.2) is 10.7 Å². The van der Waals surface area contributed by atoms with Crippen molar-refractivity contribution < 1.29 is 14.7 Å². The summed E-state index contributed by atoms with van der Waals surface area (Å²) < 4.78 is 0. The molecular weight excluding hydrogens is 178 g/mol. The van der Waals surface area contributed by atoms with E-state index in [0.717, 1.165) is 17.4 Å². The van der Waals surface area contributed by atoms with E-state index in [9.17, 15) is 9.59 Å². The van der Waals surface area contributed by atoms with Crippen LogP contribution in [0.2, 0.25) is 0 Å². The van der Waals surface area contributed by atoms with Crippen LogP contribution in [0.15, 0.2) is 18.0 Å². The highest BCUT2D eigenvalue weighted by Crippen LogP contribution is 2.10. The number of carbonyl (C=O) groups is 2. The minimum atomic E-state index is -1.13. The van der Waals surface area contributed by atoms with E-state index in [4.69, 9.17) is 5.11 Å². The number of carboxylic acid groups (broad SMARTS) is 1. The predicted octanol–water partition coefficient (Wildman–Crippen LogP) is 1.21. The first-order valence-corrected chi connectivity index (χ1v) is 3.88. The Morgan fingerprint density at radius 1 is 1.67 bits per heavy atom. The van der Waals surface area contributed by atoms with Gasteiger partial charge in [0.2, 0.25) is 5.78 Å². The van der Waals surface area contributed by atoms with E-state index < -0.39 is 5.97 Å². The number of carboxylic acids is 1. The predicted molar refractivity (Wildman–Crippen MR) is 43.6 cm³/mol. The molecule has 0 radical (unpaired) electrons. The quantitative estimate of drug-likeness (QED) is 0.565. The van der Waals surface area contributed by atoms with Gasteiger partial charge in [-0.15, -0.1) is 11.3 Å². The van der Waals surface area contributed by atoms with Crippen molar-refractivity contribution in [3.63, 3.8) is 0 Å². The lowest BCUT2D eigenvalue weighted by Crippen LogP contribution is -1.98. The molecule has 0 aromatic carbocycles. The van der Waals surface area contributed by atoms with Crippen LogP contribution in [0.4, 0.5) is 0 Å². The molecule has 12 heavy (non-hydrogen) atoms. The van der Waals surface area contributed by atoms with Gasteiger partial charge in [0.25, 0.3) is 0 Å². The Morgan fingerprint density at radius 2 is 2.33 bits per heavy atom. The number of aromatic nitrogens is 1. The van der Waals surface area contributed by atoms with Gasteiger partial charge in [0, 0.05) is 5.38 Å². The number of carbonyl (C=O) groups excluding carboxylic acids is 1. The third-order valence-electron chi connectivity index (χ3n) is 1.12. The minimum Gasteiger partial charge on any atom is -0.476 e. The number of nitrogens with zero attached hydrogens (tertiary/aromatic N) is 1. The van der Waals surface area contributed by atoms with Crippen molar-refractivity contribution in [3.8, 4) is 0 Å². The first-order valence-electron chi connectivity index (χ1n) is 3.00. The molecule has 1 heterocycles. The summed E-state index contributed by atoms with van der Waals surface area (Å²) >= 11 is 0.998. The summed E-state index contributed by atoms with van der Waals surface area (Å²) in [5.74, 6) is -1.48. The van der Waals surface area contributed by atoms with Crippen LogP contribution in [-0.4, -0.2) is 21.8 Å². The average molecular weight is 183 g/mol. The lowest BCUT2D eigenvalue weighted by molar-refractivity contribution is 0.0691. The molecule has 5 heteroatoms. The number of rotatable bonds is 3. The summed E-state index contributed by atoms with van der Waals surface area (Å²) in [5, 5.41) is 9.93. The van der Waals surface area contributed by atoms with Gasteiger partial charge in [-0.2, -0.15) is 0 Å². The largest absolute Gasteiger partial charge is 0.476 e. The van der Waals surface area contributed by atoms with Crippen molar-refractivity contribution in [3.05, 3.63) is 28.7 Å². The third kappa shape index (κ3) is 1.57. The SMILES string of the molecule is C=CC(=O)c1nc(C(=O)O)cs1. The van der Waals surface area contributed by atoms with Crippen molar-refractivity contribution in [2.75, 3.05) is 0 Å². The summed E-state index contributed by atoms with van der Waals surface area (Å²) in [6.07, 6.45) is 1.10. The molecule has 0 unspecified atom stereocenters. The molecule has 4 nitrogen and oxygen atoms in total. The van der Waals surface area contributed by atoms with Crippen molar-refractivity contribution in [1.29, 1.82) is 0 Å². The highest BCUT2D eigenvalue weighted by atomic mass is 32.1. The molecule has 0 aliphatic carbocycles. The molecule has 0 spiro atoms. The summed E-state index contributed by atoms with van der Waals surface area (Å²) in [7, 11) is 0. The Morgan fingerprint density at radius 3 is 2.75 bits per heavy atom. The zero-order valence-electron chi connectivity index (χ0n) is 5.98. The minimum absolute atomic E-state index is 0.106. The maximum atomic E-state index is 10.9. The number of hydrogen-bond acceptors (Lipinski definition) is 4. The molecule has 0 atom stereocenters. The zero-order valence-corrected chi connectivity index (χ0v) is 6.80. The van der Waals surface area contributed by atoms with Crippen LogP contribution in [0.25, 0.3) is 0 Å². The molecule has 1 aromatic rings. The summed E-state index contributed by atoms with van der Waals surface area (Å²) in [6, 6.07) is 0. The standard InChI is InChI=1S/C7H5NO3S/c1-2-5(9)6-8-4(3-12-6)7(10)11/h2-3H,1H2,(H,10,11). The van der Waals surface area contributed by atoms with Gasteiger partial charge in [-0.3, -0.25) is 4.79 Å². The molecule has 0 fully saturated rings. The number of allylic oxidation sites excluding steroid dienone is 1. The fraction of sp³-hybridized carbons (Fsp3) is 0. The molecular formula is C7H5NO3S. The first kappa shape index (κ1) is 8.61. The van der Waals surface area contributed by atoms with E-state index in [1.165, 1.54) is 5.38 Å². The van der Waals surface area contributed by atoms with Crippen molar-refractivity contribution in [2.45, 2.75) is 0 Å². The van der Waals surface area contributed by atoms with Crippen LogP contribution in [0, 0.1) is 0 Å². The second kappa shape index (κ2) is 3.27. The summed E-state index contributed by atoms with van der Waals surface area (Å²) in [4.78, 5) is 24.8. The fourth-order valence-electron chi connectivity index (χ4n) is 0.572. The molecule has 0 saturated heterocycles. The third-order valence-corrected chi connectivity index (χ3v) is 1.98. The topological polar surface area (TPSA) is 67.3 Å². The van der Waals surface area contributed by atoms with Gasteiger partial charge in [0.05, 0.1) is 0 Å². The molecule has 1 N–H and O–H groups in total. The van der Waals surface area contributed by atoms with E-state index in [0.29, 0.717) is 0 Å². The maximum Gasteiger partial charge on any atom is 0.355 e. The molecule has 0 saturated carbocycles. The van der Waals surface area contributed by atoms with Crippen molar-refractivity contribution in [2.24, 2.45) is 0 Å². The summed E-state index contributed by atoms with van der Waals surface area (Å²) in [5.41, 5.74) is -0.106. The van der Waals surface area contributed by atoms with Crippen LogP contribution in [0.1, 0.15) is 20.3 Å². The lowest BCUT2D eigenvalue weighted by atomic mass is 10.4. The van der Waals surface area contributed by atoms with Gasteiger partial charge in [0.1, 0.15) is 0 Å². The molecule has 0 amide bonds. The fourth-order valence-corrected chi connectivity index (χ4v) is 1.30. The van der Waals surface area contributed by atoms with Gasteiger partial charge in [-0.25, -0.2) is 9.78 Å². The van der Waals surface area contributed by atoms with Crippen LogP contribution in [-0.2, 0) is 0 Å². The monoisotopic (exact) mass is 183 g/mol. The number of aromatic carboxylic acids is 1. The average Bonchev–Trinajstić information content (AvgIpc) is 2.51. The number of ketones is 1. The smallest absolute Gasteiger partial charge is 0.355 e. The van der Waals surface area contributed by atoms with Crippen LogP contribution in [0.5, 0.6) is 0 Å². The Balaban J connectivity index is 2.99. The van der Waals surface area contributed by atoms with E-state index in [2.05, 4.69) is 11.6 Å². The normalized spacial score (nSPS) is 9.33. The van der Waals surface area contributed by atoms with E-state index in [1.54, 1.807) is 0 Å². The molecule has 62 valence electrons. The van der Waals surface area contributed by atoms with Crippen molar-refractivity contribution in [1.82, 2.24) is 4.98 Å². The van der Waals surface area contributed by atoms with Gasteiger partial charge in [-0.1, -0.05) is 6.58 Å². The van der Waals surface area contributed by atoms with E-state index >= 15 is 0 Å². The Labute approximate surface area is 72.2 Å². The lowest BCUT2D eigenvalue weighted by Gasteiger charge is -1.83. The van der Waals surface area contributed by atoms with E-state index in [1.807, 2.05) is 0 Å². The molecule has 1 aromatic heterocycles. The van der Waals surface area contributed by atoms with Gasteiger partial charge < -0.3 is 5.11 Å². The zero-order chi connectivity index (χ0) is 9.14. The Hall–Kier alpha value is -1.49. The molecule has 0 aliphatic heterocycles. The van der Waals surface area contributed by atoms with Crippen LogP contribution >= 0.6 is 11.3 Å². The number of hydrogen-bond donors (Lipinski definition) is 1. The molecule has 0 aliphatic rings. The second-order valence-corrected chi connectivity index (χ2v) is 2.77. The van der Waals surface area contributed by atoms with Gasteiger partial charge >= 0.3 is 5.97 Å². The number of thiazole rings is 1. The second-order valence-electron chi connectivity index (χ2n) is 1.91. The van der Waals surface area contributed by atoms with Crippen LogP contribution < -0.4 is 0 Å². The van der Waals surface area contributed by atoms with Crippen molar-refractivity contribution >= 4 is 23.1 Å². The Bertz CT molecular complexity index is 342. The first-order chi connectivity index (χ1) is 5.65. The highest BCUT2D eigenvalue weighted by Gasteiger charge is 2.11. The Kier molecular flexibility index (Phi) is 2.35. The molecule has 1 rings (SSSR count). The van der Waals surface area contributed by atoms with Gasteiger partial charge in [-0.05, 0) is 6.08 Å². The highest BCUT2D eigenvalue weighted by molar-refractivity contribution is 7.12.